The zero-order valence-electron chi connectivity index (χ0n) is 11.7. The third kappa shape index (κ3) is 4.14. The molecule has 0 bridgehead atoms. The number of non-ortho nitro benzene ring substituents is 1. The zero-order valence-corrected chi connectivity index (χ0v) is 11.7. The highest BCUT2D eigenvalue weighted by molar-refractivity contribution is 5.53. The van der Waals surface area contributed by atoms with E-state index in [0.29, 0.717) is 0 Å². The molecular formula is C18H17NO2. The first-order valence-corrected chi connectivity index (χ1v) is 6.79. The predicted octanol–water partition coefficient (Wildman–Crippen LogP) is 4.97. The van der Waals surface area contributed by atoms with Crippen LogP contribution < -0.4 is 0 Å². The molecule has 1 unspecified atom stereocenters. The Bertz CT molecular complexity index is 630. The van der Waals surface area contributed by atoms with Crippen molar-refractivity contribution in [3.63, 3.8) is 0 Å². The molecule has 0 aliphatic rings. The van der Waals surface area contributed by atoms with Crippen LogP contribution >= 0.6 is 0 Å². The van der Waals surface area contributed by atoms with Crippen molar-refractivity contribution in [2.45, 2.75) is 12.3 Å². The number of nitrogens with zero attached hydrogens (tertiary/aromatic N) is 1. The molecule has 106 valence electrons. The van der Waals surface area contributed by atoms with Crippen LogP contribution in [-0.4, -0.2) is 4.92 Å². The lowest BCUT2D eigenvalue weighted by molar-refractivity contribution is -0.384. The molecule has 2 rings (SSSR count). The Hall–Kier alpha value is -2.68. The molecule has 0 spiro atoms. The minimum absolute atomic E-state index is 0.109. The third-order valence-corrected chi connectivity index (χ3v) is 3.27. The van der Waals surface area contributed by atoms with Crippen molar-refractivity contribution in [2.75, 3.05) is 0 Å². The van der Waals surface area contributed by atoms with Gasteiger partial charge in [0.05, 0.1) is 4.92 Å². The molecule has 0 aliphatic carbocycles. The van der Waals surface area contributed by atoms with E-state index < -0.39 is 4.92 Å². The molecule has 3 nitrogen and oxygen atoms in total. The van der Waals surface area contributed by atoms with E-state index in [2.05, 4.69) is 24.8 Å². The van der Waals surface area contributed by atoms with E-state index in [-0.39, 0.29) is 11.6 Å². The maximum atomic E-state index is 10.6. The fourth-order valence-electron chi connectivity index (χ4n) is 2.14. The van der Waals surface area contributed by atoms with Gasteiger partial charge in [-0.2, -0.15) is 0 Å². The van der Waals surface area contributed by atoms with Crippen molar-refractivity contribution < 1.29 is 4.92 Å². The fraction of sp³-hybridized carbons (Fsp3) is 0.111. The Morgan fingerprint density at radius 1 is 1.10 bits per heavy atom. The summed E-state index contributed by atoms with van der Waals surface area (Å²) in [4.78, 5) is 10.2. The van der Waals surface area contributed by atoms with Crippen molar-refractivity contribution in [3.05, 3.63) is 94.6 Å². The Morgan fingerprint density at radius 2 is 1.76 bits per heavy atom. The molecule has 1 atom stereocenters. The normalized spacial score (nSPS) is 12.2. The summed E-state index contributed by atoms with van der Waals surface area (Å²) in [6.45, 7) is 3.80. The van der Waals surface area contributed by atoms with Gasteiger partial charge in [0.25, 0.3) is 5.69 Å². The minimum atomic E-state index is -0.391. The molecule has 2 aromatic carbocycles. The second-order valence-electron chi connectivity index (χ2n) is 4.75. The van der Waals surface area contributed by atoms with E-state index in [1.165, 1.54) is 17.7 Å². The van der Waals surface area contributed by atoms with Crippen molar-refractivity contribution >= 4 is 11.8 Å². The van der Waals surface area contributed by atoms with Crippen LogP contribution in [0.4, 0.5) is 5.69 Å². The van der Waals surface area contributed by atoms with Crippen LogP contribution in [0.2, 0.25) is 0 Å². The van der Waals surface area contributed by atoms with Gasteiger partial charge in [-0.3, -0.25) is 10.1 Å². The molecule has 0 heterocycles. The third-order valence-electron chi connectivity index (χ3n) is 3.27. The van der Waals surface area contributed by atoms with Gasteiger partial charge < -0.3 is 0 Å². The Balaban J connectivity index is 2.16. The van der Waals surface area contributed by atoms with Gasteiger partial charge in [0.1, 0.15) is 0 Å². The van der Waals surface area contributed by atoms with Crippen LogP contribution in [0.3, 0.4) is 0 Å². The number of nitro groups is 1. The van der Waals surface area contributed by atoms with Crippen LogP contribution in [0, 0.1) is 10.1 Å². The maximum absolute atomic E-state index is 10.6. The monoisotopic (exact) mass is 279 g/mol. The van der Waals surface area contributed by atoms with E-state index >= 15 is 0 Å². The lowest BCUT2D eigenvalue weighted by atomic mass is 9.94. The molecule has 0 fully saturated rings. The van der Waals surface area contributed by atoms with Crippen LogP contribution in [-0.2, 0) is 0 Å². The summed E-state index contributed by atoms with van der Waals surface area (Å²) in [5, 5.41) is 10.6. The lowest BCUT2D eigenvalue weighted by Crippen LogP contribution is -1.93. The van der Waals surface area contributed by atoms with Crippen LogP contribution in [0.25, 0.3) is 6.08 Å². The van der Waals surface area contributed by atoms with Gasteiger partial charge >= 0.3 is 0 Å². The fourth-order valence-corrected chi connectivity index (χ4v) is 2.14. The minimum Gasteiger partial charge on any atom is -0.258 e. The SMILES string of the molecule is C=CCC(/C=C/c1ccc([N+](=O)[O-])cc1)c1ccccc1. The van der Waals surface area contributed by atoms with Crippen LogP contribution in [0.1, 0.15) is 23.5 Å². The van der Waals surface area contributed by atoms with Gasteiger partial charge in [0.15, 0.2) is 0 Å². The molecular weight excluding hydrogens is 262 g/mol. The summed E-state index contributed by atoms with van der Waals surface area (Å²) in [6.07, 6.45) is 6.86. The second-order valence-corrected chi connectivity index (χ2v) is 4.75. The smallest absolute Gasteiger partial charge is 0.258 e. The Morgan fingerprint density at radius 3 is 2.33 bits per heavy atom. The molecule has 0 aliphatic heterocycles. The van der Waals surface area contributed by atoms with Gasteiger partial charge in [-0.15, -0.1) is 6.58 Å². The first-order chi connectivity index (χ1) is 10.2. The predicted molar refractivity (Wildman–Crippen MR) is 86.1 cm³/mol. The van der Waals surface area contributed by atoms with Gasteiger partial charge in [-0.1, -0.05) is 48.6 Å². The average Bonchev–Trinajstić information content (AvgIpc) is 2.52. The second kappa shape index (κ2) is 7.20. The summed E-state index contributed by atoms with van der Waals surface area (Å²) in [6, 6.07) is 16.8. The number of nitro benzene ring substituents is 1. The highest BCUT2D eigenvalue weighted by atomic mass is 16.6. The molecule has 0 saturated heterocycles. The van der Waals surface area contributed by atoms with Crippen molar-refractivity contribution in [2.24, 2.45) is 0 Å². The first-order valence-electron chi connectivity index (χ1n) is 6.79. The summed E-state index contributed by atoms with van der Waals surface area (Å²) in [7, 11) is 0. The van der Waals surface area contributed by atoms with Gasteiger partial charge in [-0.25, -0.2) is 0 Å². The first kappa shape index (κ1) is 14.7. The standard InChI is InChI=1S/C18H17NO2/c1-2-6-16(17-7-4-3-5-8-17)12-9-15-10-13-18(14-11-15)19(20)21/h2-5,7-14,16H,1,6H2/b12-9+. The molecule has 0 N–H and O–H groups in total. The Kier molecular flexibility index (Phi) is 5.04. The zero-order chi connectivity index (χ0) is 15.1. The molecule has 2 aromatic rings. The largest absolute Gasteiger partial charge is 0.269 e. The number of hydrogen-bond donors (Lipinski definition) is 0. The summed E-state index contributed by atoms with van der Waals surface area (Å²) in [5.74, 6) is 0.263. The number of rotatable bonds is 6. The molecule has 0 aromatic heterocycles. The van der Waals surface area contributed by atoms with E-state index in [1.54, 1.807) is 12.1 Å². The van der Waals surface area contributed by atoms with Crippen molar-refractivity contribution in [3.8, 4) is 0 Å². The highest BCUT2D eigenvalue weighted by Gasteiger charge is 2.06. The van der Waals surface area contributed by atoms with E-state index in [0.717, 1.165) is 12.0 Å². The van der Waals surface area contributed by atoms with Gasteiger partial charge in [0, 0.05) is 18.1 Å². The van der Waals surface area contributed by atoms with E-state index in [1.807, 2.05) is 30.4 Å². The summed E-state index contributed by atoms with van der Waals surface area (Å²) >= 11 is 0. The molecule has 0 radical (unpaired) electrons. The van der Waals surface area contributed by atoms with E-state index in [9.17, 15) is 10.1 Å². The maximum Gasteiger partial charge on any atom is 0.269 e. The van der Waals surface area contributed by atoms with Gasteiger partial charge in [-0.05, 0) is 29.7 Å². The molecule has 0 saturated carbocycles. The number of allylic oxidation sites excluding steroid dienone is 2. The van der Waals surface area contributed by atoms with Gasteiger partial charge in [0.2, 0.25) is 0 Å². The van der Waals surface area contributed by atoms with Crippen molar-refractivity contribution in [1.29, 1.82) is 0 Å². The number of hydrogen-bond acceptors (Lipinski definition) is 2. The highest BCUT2D eigenvalue weighted by Crippen LogP contribution is 2.23. The quantitative estimate of drug-likeness (QED) is 0.425. The summed E-state index contributed by atoms with van der Waals surface area (Å²) in [5.41, 5.74) is 2.29. The number of benzene rings is 2. The average molecular weight is 279 g/mol. The topological polar surface area (TPSA) is 43.1 Å². The van der Waals surface area contributed by atoms with Crippen LogP contribution in [0.15, 0.2) is 73.3 Å². The van der Waals surface area contributed by atoms with E-state index in [4.69, 9.17) is 0 Å². The molecule has 21 heavy (non-hydrogen) atoms. The van der Waals surface area contributed by atoms with Crippen LogP contribution in [0.5, 0.6) is 0 Å². The lowest BCUT2D eigenvalue weighted by Gasteiger charge is -2.10. The van der Waals surface area contributed by atoms with Crippen molar-refractivity contribution in [1.82, 2.24) is 0 Å². The molecule has 0 amide bonds. The Labute approximate surface area is 124 Å². The molecule has 3 heteroatoms. The summed E-state index contributed by atoms with van der Waals surface area (Å²) < 4.78 is 0.